The van der Waals surface area contributed by atoms with Crippen molar-refractivity contribution in [2.75, 3.05) is 25.0 Å². The van der Waals surface area contributed by atoms with Crippen LogP contribution in [-0.2, 0) is 16.1 Å². The highest BCUT2D eigenvalue weighted by atomic mass is 35.5. The number of benzene rings is 1. The molecule has 1 aromatic carbocycles. The van der Waals surface area contributed by atoms with E-state index in [1.54, 1.807) is 11.6 Å². The first-order valence-electron chi connectivity index (χ1n) is 12.8. The zero-order chi connectivity index (χ0) is 26.9. The number of rotatable bonds is 5. The number of anilines is 1. The van der Waals surface area contributed by atoms with Crippen LogP contribution in [0.15, 0.2) is 36.8 Å². The summed E-state index contributed by atoms with van der Waals surface area (Å²) < 4.78 is 1.70. The number of fused-ring (bicyclic) bond motifs is 2. The molecule has 2 aromatic heterocycles. The number of hydrogen-bond acceptors (Lipinski definition) is 6. The Labute approximate surface area is 224 Å². The minimum atomic E-state index is -0.942. The first-order chi connectivity index (χ1) is 18.1. The average Bonchev–Trinajstić information content (AvgIpc) is 3.13. The van der Waals surface area contributed by atoms with Gasteiger partial charge in [-0.15, -0.1) is 0 Å². The Morgan fingerprint density at radius 1 is 1.21 bits per heavy atom. The maximum atomic E-state index is 12.9. The Hall–Kier alpha value is -3.66. The highest BCUT2D eigenvalue weighted by molar-refractivity contribution is 6.31. The molecule has 198 valence electrons. The van der Waals surface area contributed by atoms with Crippen molar-refractivity contribution in [2.24, 2.45) is 17.3 Å². The number of carbonyl (C=O) groups is 3. The summed E-state index contributed by atoms with van der Waals surface area (Å²) in [5.74, 6) is -0.640. The van der Waals surface area contributed by atoms with Crippen LogP contribution in [0.5, 0.6) is 0 Å². The first kappa shape index (κ1) is 24.7. The van der Waals surface area contributed by atoms with E-state index in [1.807, 2.05) is 44.3 Å². The summed E-state index contributed by atoms with van der Waals surface area (Å²) in [6.07, 6.45) is 4.00. The number of piperidine rings is 2. The van der Waals surface area contributed by atoms with Crippen LogP contribution in [-0.4, -0.2) is 73.6 Å². The Morgan fingerprint density at radius 3 is 2.66 bits per heavy atom. The lowest BCUT2D eigenvalue weighted by Crippen LogP contribution is -2.48. The summed E-state index contributed by atoms with van der Waals surface area (Å²) in [5.41, 5.74) is 3.66. The third kappa shape index (κ3) is 3.81. The molecule has 3 aromatic rings. The van der Waals surface area contributed by atoms with Gasteiger partial charge in [0.05, 0.1) is 35.6 Å². The Kier molecular flexibility index (Phi) is 5.64. The maximum Gasteiger partial charge on any atom is 0.407 e. The van der Waals surface area contributed by atoms with Crippen molar-refractivity contribution >= 4 is 40.7 Å². The molecule has 6 rings (SSSR count). The average molecular weight is 537 g/mol. The van der Waals surface area contributed by atoms with Gasteiger partial charge in [-0.05, 0) is 48.1 Å². The van der Waals surface area contributed by atoms with Crippen LogP contribution in [0.1, 0.15) is 32.3 Å². The van der Waals surface area contributed by atoms with Gasteiger partial charge in [0.2, 0.25) is 11.8 Å². The van der Waals surface area contributed by atoms with E-state index < -0.39 is 6.09 Å². The van der Waals surface area contributed by atoms with E-state index >= 15 is 0 Å². The normalized spacial score (nSPS) is 24.2. The van der Waals surface area contributed by atoms with Crippen LogP contribution < -0.4 is 4.90 Å². The number of aromatic nitrogens is 3. The fourth-order valence-electron chi connectivity index (χ4n) is 6.24. The monoisotopic (exact) mass is 536 g/mol. The third-order valence-corrected chi connectivity index (χ3v) is 8.73. The zero-order valence-electron chi connectivity index (χ0n) is 21.5. The molecule has 10 nitrogen and oxygen atoms in total. The van der Waals surface area contributed by atoms with Crippen molar-refractivity contribution in [3.8, 4) is 11.3 Å². The van der Waals surface area contributed by atoms with E-state index in [4.69, 9.17) is 11.6 Å². The van der Waals surface area contributed by atoms with Crippen molar-refractivity contribution in [1.82, 2.24) is 24.4 Å². The third-order valence-electron chi connectivity index (χ3n) is 8.50. The molecular formula is C27H29ClN6O4. The van der Waals surface area contributed by atoms with Crippen LogP contribution in [0.4, 0.5) is 10.5 Å². The van der Waals surface area contributed by atoms with Gasteiger partial charge in [0.15, 0.2) is 0 Å². The number of imide groups is 1. The minimum absolute atomic E-state index is 0.102. The number of amides is 3. The number of halogens is 1. The summed E-state index contributed by atoms with van der Waals surface area (Å²) in [5, 5.41) is 14.4. The number of likely N-dealkylation sites (tertiary alicyclic amines) is 1. The van der Waals surface area contributed by atoms with Gasteiger partial charge in [-0.25, -0.2) is 14.3 Å². The van der Waals surface area contributed by atoms with Crippen molar-refractivity contribution < 1.29 is 19.5 Å². The maximum absolute atomic E-state index is 12.9. The highest BCUT2D eigenvalue weighted by Gasteiger charge is 2.72. The molecule has 11 heteroatoms. The number of carbonyl (C=O) groups excluding carboxylic acids is 2. The summed E-state index contributed by atoms with van der Waals surface area (Å²) in [4.78, 5) is 46.8. The molecule has 2 unspecified atom stereocenters. The van der Waals surface area contributed by atoms with Gasteiger partial charge in [0.1, 0.15) is 6.33 Å². The molecule has 1 N–H and O–H groups in total. The predicted molar refractivity (Wildman–Crippen MR) is 141 cm³/mol. The van der Waals surface area contributed by atoms with Gasteiger partial charge < -0.3 is 14.9 Å². The van der Waals surface area contributed by atoms with Gasteiger partial charge >= 0.3 is 6.09 Å². The van der Waals surface area contributed by atoms with Gasteiger partial charge in [-0.2, -0.15) is 5.10 Å². The quantitative estimate of drug-likeness (QED) is 0.494. The first-order valence-corrected chi connectivity index (χ1v) is 13.1. The molecule has 2 aliphatic heterocycles. The minimum Gasteiger partial charge on any atom is -0.465 e. The summed E-state index contributed by atoms with van der Waals surface area (Å²) in [7, 11) is 1.61. The van der Waals surface area contributed by atoms with Gasteiger partial charge in [0, 0.05) is 42.6 Å². The molecule has 0 bridgehead atoms. The molecule has 3 fully saturated rings. The van der Waals surface area contributed by atoms with Crippen LogP contribution in [0.2, 0.25) is 5.02 Å². The van der Waals surface area contributed by atoms with Crippen molar-refractivity contribution in [3.63, 3.8) is 0 Å². The number of carboxylic acid groups (broad SMARTS) is 1. The fourth-order valence-corrected chi connectivity index (χ4v) is 6.41. The van der Waals surface area contributed by atoms with E-state index in [-0.39, 0.29) is 41.7 Å². The summed E-state index contributed by atoms with van der Waals surface area (Å²) in [6.45, 7) is 5.47. The van der Waals surface area contributed by atoms with Crippen molar-refractivity contribution in [1.29, 1.82) is 0 Å². The Balaban J connectivity index is 1.33. The van der Waals surface area contributed by atoms with E-state index in [0.717, 1.165) is 41.7 Å². The second-order valence-electron chi connectivity index (χ2n) is 11.1. The van der Waals surface area contributed by atoms with Crippen LogP contribution in [0.3, 0.4) is 0 Å². The predicted octanol–water partition coefficient (Wildman–Crippen LogP) is 3.77. The standard InChI is InChI=1S/C27H29ClN6O4/c1-27(2)21-22(27)25(36)33(24(21)35)11-15-9-20-23(29-14-30-34(20)12-15)18-10-16(28)6-7-19(18)32-8-4-5-17(13-32)31(3)26(37)38/h6-7,9-10,12,14,17,21-22H,4-5,8,11,13H2,1-3H3,(H,37,38)/t17-,21?,22?/m0/s1. The van der Waals surface area contributed by atoms with Gasteiger partial charge in [-0.3, -0.25) is 14.5 Å². The second-order valence-corrected chi connectivity index (χ2v) is 11.6. The molecule has 1 saturated carbocycles. The van der Waals surface area contributed by atoms with Crippen molar-refractivity contribution in [2.45, 2.75) is 39.3 Å². The van der Waals surface area contributed by atoms with Gasteiger partial charge in [0.25, 0.3) is 0 Å². The van der Waals surface area contributed by atoms with Gasteiger partial charge in [-0.1, -0.05) is 25.4 Å². The molecule has 0 spiro atoms. The summed E-state index contributed by atoms with van der Waals surface area (Å²) >= 11 is 6.43. The molecule has 3 atom stereocenters. The van der Waals surface area contributed by atoms with E-state index in [1.165, 1.54) is 16.1 Å². The SMILES string of the molecule is CN(C(=O)O)[C@H]1CCCN(c2ccc(Cl)cc2-c2ncnn3cc(CN4C(=O)C5C(C4=O)C5(C)C)cc23)C1. The lowest BCUT2D eigenvalue weighted by atomic mass is 10.0. The van der Waals surface area contributed by atoms with E-state index in [2.05, 4.69) is 15.0 Å². The molecule has 4 heterocycles. The number of nitrogens with zero attached hydrogens (tertiary/aromatic N) is 6. The number of hydrogen-bond donors (Lipinski definition) is 1. The van der Waals surface area contributed by atoms with E-state index in [9.17, 15) is 19.5 Å². The highest BCUT2D eigenvalue weighted by Crippen LogP contribution is 2.63. The largest absolute Gasteiger partial charge is 0.465 e. The topological polar surface area (TPSA) is 111 Å². The molecule has 3 aliphatic rings. The molecular weight excluding hydrogens is 508 g/mol. The molecule has 1 aliphatic carbocycles. The molecule has 3 amide bonds. The van der Waals surface area contributed by atoms with Crippen molar-refractivity contribution in [3.05, 3.63) is 47.4 Å². The number of likely N-dealkylation sites (N-methyl/N-ethyl adjacent to an activating group) is 1. The zero-order valence-corrected chi connectivity index (χ0v) is 22.2. The second kappa shape index (κ2) is 8.69. The fraction of sp³-hybridized carbons (Fsp3) is 0.444. The summed E-state index contributed by atoms with van der Waals surface area (Å²) in [6, 6.07) is 7.41. The Morgan fingerprint density at radius 2 is 1.95 bits per heavy atom. The van der Waals surface area contributed by atoms with E-state index in [0.29, 0.717) is 17.3 Å². The Bertz CT molecular complexity index is 1460. The lowest BCUT2D eigenvalue weighted by molar-refractivity contribution is -0.143. The van der Waals surface area contributed by atoms with Crippen LogP contribution in [0.25, 0.3) is 16.8 Å². The smallest absolute Gasteiger partial charge is 0.407 e. The molecule has 0 radical (unpaired) electrons. The molecule has 2 saturated heterocycles. The van der Waals surface area contributed by atoms with Crippen LogP contribution in [0, 0.1) is 17.3 Å². The van der Waals surface area contributed by atoms with Crippen LogP contribution >= 0.6 is 11.6 Å². The lowest BCUT2D eigenvalue weighted by Gasteiger charge is -2.38. The molecule has 38 heavy (non-hydrogen) atoms.